The fraction of sp³-hybridized carbons (Fsp3) is 0.414. The SMILES string of the molecule is CCc1nc2sc(C3CC(N(C)C(=O)NC4CC4)N4CCC=C34)nn2c1N(C)c1nc(-c2ccc(F)cc2)c(C#N)s1. The summed E-state index contributed by atoms with van der Waals surface area (Å²) in [5.74, 6) is 0.557. The highest BCUT2D eigenvalue weighted by atomic mass is 32.1. The number of amides is 2. The van der Waals surface area contributed by atoms with Crippen molar-refractivity contribution in [2.45, 2.75) is 57.2 Å². The molecule has 4 aromatic rings. The molecule has 13 heteroatoms. The molecule has 2 aliphatic heterocycles. The third-order valence-corrected chi connectivity index (χ3v) is 10.3. The summed E-state index contributed by atoms with van der Waals surface area (Å²) in [5.41, 5.74) is 3.34. The van der Waals surface area contributed by atoms with E-state index in [9.17, 15) is 14.4 Å². The molecule has 1 aliphatic carbocycles. The van der Waals surface area contributed by atoms with Gasteiger partial charge < -0.3 is 20.0 Å². The first-order valence-corrected chi connectivity index (χ1v) is 15.8. The van der Waals surface area contributed by atoms with E-state index in [0.29, 0.717) is 33.7 Å². The Kier molecular flexibility index (Phi) is 6.62. The minimum atomic E-state index is -0.336. The Bertz CT molecular complexity index is 1750. The molecule has 42 heavy (non-hydrogen) atoms. The number of nitrogens with zero attached hydrogens (tertiary/aromatic N) is 8. The first-order valence-electron chi connectivity index (χ1n) is 14.1. The quantitative estimate of drug-likeness (QED) is 0.299. The van der Waals surface area contributed by atoms with Crippen molar-refractivity contribution in [1.82, 2.24) is 34.7 Å². The van der Waals surface area contributed by atoms with Crippen LogP contribution < -0.4 is 10.2 Å². The second-order valence-corrected chi connectivity index (χ2v) is 12.9. The summed E-state index contributed by atoms with van der Waals surface area (Å²) in [6.45, 7) is 2.96. The number of nitrogens with one attached hydrogen (secondary N) is 1. The summed E-state index contributed by atoms with van der Waals surface area (Å²) in [6, 6.07) is 8.57. The highest BCUT2D eigenvalue weighted by Crippen LogP contribution is 2.46. The van der Waals surface area contributed by atoms with Gasteiger partial charge in [-0.3, -0.25) is 0 Å². The molecule has 0 spiro atoms. The maximum absolute atomic E-state index is 13.5. The molecule has 3 aromatic heterocycles. The van der Waals surface area contributed by atoms with E-state index in [1.54, 1.807) is 23.5 Å². The third-order valence-electron chi connectivity index (χ3n) is 8.23. The topological polar surface area (TPSA) is 106 Å². The number of benzene rings is 1. The molecule has 1 saturated heterocycles. The van der Waals surface area contributed by atoms with E-state index in [1.165, 1.54) is 29.2 Å². The Hall–Kier alpha value is -4.02. The molecule has 7 rings (SSSR count). The second kappa shape index (κ2) is 10.4. The fourth-order valence-electron chi connectivity index (χ4n) is 5.88. The van der Waals surface area contributed by atoms with E-state index in [2.05, 4.69) is 29.3 Å². The number of carbonyl (C=O) groups excluding carboxylic acids is 1. The Labute approximate surface area is 250 Å². The van der Waals surface area contributed by atoms with Gasteiger partial charge in [-0.15, -0.1) is 0 Å². The van der Waals surface area contributed by atoms with Crippen LogP contribution in [0.25, 0.3) is 16.2 Å². The zero-order valence-corrected chi connectivity index (χ0v) is 25.2. The van der Waals surface area contributed by atoms with Gasteiger partial charge in [-0.05, 0) is 49.9 Å². The largest absolute Gasteiger partial charge is 0.354 e. The molecule has 216 valence electrons. The van der Waals surface area contributed by atoms with Crippen LogP contribution in [0.15, 0.2) is 36.0 Å². The smallest absolute Gasteiger partial charge is 0.318 e. The molecule has 1 saturated carbocycles. The van der Waals surface area contributed by atoms with Crippen LogP contribution in [0.1, 0.15) is 54.1 Å². The van der Waals surface area contributed by atoms with E-state index in [4.69, 9.17) is 15.1 Å². The molecule has 2 atom stereocenters. The molecule has 2 fully saturated rings. The normalized spacial score (nSPS) is 19.6. The fourth-order valence-corrected chi connectivity index (χ4v) is 7.77. The Morgan fingerprint density at radius 3 is 2.71 bits per heavy atom. The molecule has 3 aliphatic rings. The van der Waals surface area contributed by atoms with Crippen LogP contribution in [0, 0.1) is 17.1 Å². The van der Waals surface area contributed by atoms with Crippen LogP contribution in [0.4, 0.5) is 20.1 Å². The van der Waals surface area contributed by atoms with Gasteiger partial charge in [0.25, 0.3) is 0 Å². The average molecular weight is 604 g/mol. The summed E-state index contributed by atoms with van der Waals surface area (Å²) < 4.78 is 15.4. The number of fused-ring (bicyclic) bond motifs is 2. The summed E-state index contributed by atoms with van der Waals surface area (Å²) >= 11 is 2.87. The molecule has 10 nitrogen and oxygen atoms in total. The minimum absolute atomic E-state index is 0.0139. The highest BCUT2D eigenvalue weighted by molar-refractivity contribution is 7.17. The number of aryl methyl sites for hydroxylation is 1. The maximum Gasteiger partial charge on any atom is 0.318 e. The number of hydrogen-bond donors (Lipinski definition) is 1. The lowest BCUT2D eigenvalue weighted by Crippen LogP contribution is -2.49. The Morgan fingerprint density at radius 1 is 1.21 bits per heavy atom. The zero-order valence-electron chi connectivity index (χ0n) is 23.5. The molecular formula is C29H30FN9OS2. The number of allylic oxidation sites excluding steroid dienone is 1. The minimum Gasteiger partial charge on any atom is -0.354 e. The van der Waals surface area contributed by atoms with Crippen molar-refractivity contribution in [3.05, 3.63) is 57.4 Å². The van der Waals surface area contributed by atoms with Gasteiger partial charge in [-0.2, -0.15) is 14.9 Å². The summed E-state index contributed by atoms with van der Waals surface area (Å²) in [4.78, 5) is 30.0. The van der Waals surface area contributed by atoms with E-state index in [0.717, 1.165) is 53.7 Å². The number of carbonyl (C=O) groups is 1. The van der Waals surface area contributed by atoms with E-state index >= 15 is 0 Å². The van der Waals surface area contributed by atoms with Gasteiger partial charge in [0.15, 0.2) is 10.9 Å². The standard InChI is InChI=1S/C29H30FN9OS2/c1-4-20-26(37(3)28-34-24(22(15-31)41-28)16-7-9-17(30)10-8-16)39-29(33-20)42-25(35-39)19-14-23(38-13-5-6-21(19)38)36(2)27(40)32-18-11-12-18/h6-10,18-19,23H,4-5,11-14H2,1-3H3,(H,32,40). The molecule has 2 amide bonds. The number of rotatable bonds is 7. The van der Waals surface area contributed by atoms with Crippen molar-refractivity contribution in [2.75, 3.05) is 25.5 Å². The van der Waals surface area contributed by atoms with E-state index < -0.39 is 0 Å². The lowest BCUT2D eigenvalue weighted by molar-refractivity contribution is 0.132. The predicted molar refractivity (Wildman–Crippen MR) is 160 cm³/mol. The number of anilines is 2. The molecule has 2 unspecified atom stereocenters. The molecule has 1 N–H and O–H groups in total. The van der Waals surface area contributed by atoms with Crippen molar-refractivity contribution in [1.29, 1.82) is 5.26 Å². The first-order chi connectivity index (χ1) is 20.4. The lowest BCUT2D eigenvalue weighted by Gasteiger charge is -2.32. The van der Waals surface area contributed by atoms with Gasteiger partial charge >= 0.3 is 6.03 Å². The van der Waals surface area contributed by atoms with Gasteiger partial charge in [0.2, 0.25) is 4.96 Å². The van der Waals surface area contributed by atoms with Gasteiger partial charge in [0.1, 0.15) is 33.6 Å². The monoisotopic (exact) mass is 603 g/mol. The van der Waals surface area contributed by atoms with Crippen LogP contribution in [0.5, 0.6) is 0 Å². The molecule has 0 bridgehead atoms. The predicted octanol–water partition coefficient (Wildman–Crippen LogP) is 5.46. The molecule has 1 aromatic carbocycles. The maximum atomic E-state index is 13.5. The third kappa shape index (κ3) is 4.49. The summed E-state index contributed by atoms with van der Waals surface area (Å²) in [7, 11) is 3.80. The number of urea groups is 1. The number of aromatic nitrogens is 4. The van der Waals surface area contributed by atoms with Crippen LogP contribution >= 0.6 is 22.7 Å². The van der Waals surface area contributed by atoms with Crippen molar-refractivity contribution in [2.24, 2.45) is 0 Å². The van der Waals surface area contributed by atoms with E-state index in [1.807, 2.05) is 28.4 Å². The van der Waals surface area contributed by atoms with Crippen molar-refractivity contribution >= 4 is 44.6 Å². The van der Waals surface area contributed by atoms with Crippen LogP contribution in [0.2, 0.25) is 0 Å². The first kappa shape index (κ1) is 26.9. The van der Waals surface area contributed by atoms with Crippen molar-refractivity contribution < 1.29 is 9.18 Å². The average Bonchev–Trinajstić information content (AvgIpc) is 3.43. The zero-order chi connectivity index (χ0) is 29.1. The van der Waals surface area contributed by atoms with E-state index in [-0.39, 0.29) is 23.9 Å². The number of imidazole rings is 1. The number of hydrogen-bond acceptors (Lipinski definition) is 9. The van der Waals surface area contributed by atoms with Gasteiger partial charge in [-0.1, -0.05) is 35.7 Å². The van der Waals surface area contributed by atoms with Crippen LogP contribution in [-0.4, -0.2) is 68.3 Å². The second-order valence-electron chi connectivity index (χ2n) is 10.9. The van der Waals surface area contributed by atoms with Crippen molar-refractivity contribution in [3.63, 3.8) is 0 Å². The molecular weight excluding hydrogens is 574 g/mol. The van der Waals surface area contributed by atoms with Crippen LogP contribution in [0.3, 0.4) is 0 Å². The van der Waals surface area contributed by atoms with Gasteiger partial charge in [0.05, 0.1) is 11.6 Å². The Balaban J connectivity index is 1.21. The highest BCUT2D eigenvalue weighted by Gasteiger charge is 2.44. The van der Waals surface area contributed by atoms with Gasteiger partial charge in [-0.25, -0.2) is 19.2 Å². The number of thiazole rings is 1. The number of halogens is 1. The Morgan fingerprint density at radius 2 is 2.00 bits per heavy atom. The van der Waals surface area contributed by atoms with Gasteiger partial charge in [0, 0.05) is 44.4 Å². The number of nitriles is 1. The van der Waals surface area contributed by atoms with Crippen molar-refractivity contribution in [3.8, 4) is 17.3 Å². The van der Waals surface area contributed by atoms with Crippen LogP contribution in [-0.2, 0) is 6.42 Å². The summed E-state index contributed by atoms with van der Waals surface area (Å²) in [6.07, 6.45) is 6.82. The molecule has 5 heterocycles. The summed E-state index contributed by atoms with van der Waals surface area (Å²) in [5, 5.41) is 19.7. The lowest BCUT2D eigenvalue weighted by atomic mass is 10.1. The molecule has 0 radical (unpaired) electrons.